The highest BCUT2D eigenvalue weighted by molar-refractivity contribution is 5.87. The lowest BCUT2D eigenvalue weighted by Crippen LogP contribution is -1.89. The van der Waals surface area contributed by atoms with Crippen molar-refractivity contribution in [1.82, 2.24) is 9.97 Å². The minimum absolute atomic E-state index is 1.02. The number of nitrogens with zero attached hydrogens (tertiary/aromatic N) is 2. The van der Waals surface area contributed by atoms with Gasteiger partial charge in [0.2, 0.25) is 0 Å². The zero-order valence-electron chi connectivity index (χ0n) is 11.2. The van der Waals surface area contributed by atoms with E-state index >= 15 is 0 Å². The van der Waals surface area contributed by atoms with Crippen LogP contribution in [0, 0.1) is 6.92 Å². The fourth-order valence-electron chi connectivity index (χ4n) is 2.41. The molecule has 0 radical (unpaired) electrons. The lowest BCUT2D eigenvalue weighted by molar-refractivity contribution is 1.12. The highest BCUT2D eigenvalue weighted by Crippen LogP contribution is 2.26. The lowest BCUT2D eigenvalue weighted by atomic mass is 9.98. The van der Waals surface area contributed by atoms with Crippen LogP contribution in [-0.2, 0) is 6.42 Å². The number of hydrogen-bond donors (Lipinski definition) is 0. The van der Waals surface area contributed by atoms with Crippen LogP contribution in [0.5, 0.6) is 0 Å². The molecule has 0 unspecified atom stereocenters. The van der Waals surface area contributed by atoms with E-state index in [9.17, 15) is 0 Å². The largest absolute Gasteiger partial charge is 0.264 e. The molecule has 0 amide bonds. The summed E-state index contributed by atoms with van der Waals surface area (Å²) in [5.41, 5.74) is 4.81. The molecule has 0 fully saturated rings. The van der Waals surface area contributed by atoms with Crippen molar-refractivity contribution in [1.29, 1.82) is 0 Å². The molecule has 0 atom stereocenters. The predicted octanol–water partition coefficient (Wildman–Crippen LogP) is 4.17. The maximum Gasteiger partial charge on any atom is 0.0379 e. The molecule has 0 aliphatic rings. The Bertz CT molecular complexity index is 732. The fraction of sp³-hybridized carbons (Fsp3) is 0.176. The molecule has 1 aromatic carbocycles. The molecule has 0 aliphatic carbocycles. The molecule has 2 heterocycles. The van der Waals surface area contributed by atoms with Crippen molar-refractivity contribution in [2.45, 2.75) is 20.3 Å². The Morgan fingerprint density at radius 3 is 2.74 bits per heavy atom. The zero-order valence-corrected chi connectivity index (χ0v) is 11.2. The van der Waals surface area contributed by atoms with E-state index in [1.54, 1.807) is 0 Å². The number of benzene rings is 1. The van der Waals surface area contributed by atoms with Crippen molar-refractivity contribution >= 4 is 10.8 Å². The molecule has 3 aromatic rings. The Morgan fingerprint density at radius 1 is 1.00 bits per heavy atom. The second-order valence-corrected chi connectivity index (χ2v) is 4.77. The van der Waals surface area contributed by atoms with E-state index in [2.05, 4.69) is 47.2 Å². The zero-order chi connectivity index (χ0) is 13.2. The second-order valence-electron chi connectivity index (χ2n) is 4.77. The van der Waals surface area contributed by atoms with Crippen molar-refractivity contribution in [2.24, 2.45) is 0 Å². The van der Waals surface area contributed by atoms with Crippen LogP contribution in [0.3, 0.4) is 0 Å². The van der Waals surface area contributed by atoms with Gasteiger partial charge in [0.15, 0.2) is 0 Å². The first-order valence-electron chi connectivity index (χ1n) is 6.57. The molecular weight excluding hydrogens is 232 g/mol. The van der Waals surface area contributed by atoms with Crippen LogP contribution in [0.4, 0.5) is 0 Å². The van der Waals surface area contributed by atoms with Crippen molar-refractivity contribution < 1.29 is 0 Å². The van der Waals surface area contributed by atoms with Crippen LogP contribution >= 0.6 is 0 Å². The van der Waals surface area contributed by atoms with Gasteiger partial charge in [-0.2, -0.15) is 0 Å². The van der Waals surface area contributed by atoms with Crippen molar-refractivity contribution in [2.75, 3.05) is 0 Å². The number of aryl methyl sites for hydroxylation is 2. The first kappa shape index (κ1) is 11.8. The van der Waals surface area contributed by atoms with E-state index in [1.165, 1.54) is 27.5 Å². The standard InChI is InChI=1S/C17H16N2/c1-3-13-6-7-18-11-17(13)15-5-4-14-8-12(2)19-10-16(14)9-15/h4-11H,3H2,1-2H3. The molecule has 0 spiro atoms. The molecule has 2 nitrogen and oxygen atoms in total. The van der Waals surface area contributed by atoms with Gasteiger partial charge >= 0.3 is 0 Å². The third-order valence-corrected chi connectivity index (χ3v) is 3.46. The molecule has 0 saturated carbocycles. The van der Waals surface area contributed by atoms with Gasteiger partial charge in [-0.25, -0.2) is 0 Å². The minimum Gasteiger partial charge on any atom is -0.264 e. The first-order valence-corrected chi connectivity index (χ1v) is 6.57. The second kappa shape index (κ2) is 4.81. The topological polar surface area (TPSA) is 25.8 Å². The summed E-state index contributed by atoms with van der Waals surface area (Å²) in [6.07, 6.45) is 6.76. The first-order chi connectivity index (χ1) is 9.28. The Hall–Kier alpha value is -2.22. The molecular formula is C17H16N2. The van der Waals surface area contributed by atoms with Gasteiger partial charge in [0.05, 0.1) is 0 Å². The Balaban J connectivity index is 2.18. The summed E-state index contributed by atoms with van der Waals surface area (Å²) in [4.78, 5) is 8.62. The van der Waals surface area contributed by atoms with E-state index in [1.807, 2.05) is 25.5 Å². The van der Waals surface area contributed by atoms with E-state index in [4.69, 9.17) is 0 Å². The van der Waals surface area contributed by atoms with Crippen LogP contribution in [0.1, 0.15) is 18.2 Å². The summed E-state index contributed by atoms with van der Waals surface area (Å²) in [7, 11) is 0. The van der Waals surface area contributed by atoms with Gasteiger partial charge in [0.1, 0.15) is 0 Å². The molecule has 94 valence electrons. The van der Waals surface area contributed by atoms with Gasteiger partial charge in [0, 0.05) is 35.2 Å². The molecule has 0 bridgehead atoms. The third-order valence-electron chi connectivity index (χ3n) is 3.46. The Labute approximate surface area is 113 Å². The average Bonchev–Trinajstić information content (AvgIpc) is 2.46. The quantitative estimate of drug-likeness (QED) is 0.680. The number of rotatable bonds is 2. The molecule has 0 N–H and O–H groups in total. The summed E-state index contributed by atoms with van der Waals surface area (Å²) >= 11 is 0. The predicted molar refractivity (Wildman–Crippen MR) is 79.1 cm³/mol. The summed E-state index contributed by atoms with van der Waals surface area (Å²) < 4.78 is 0. The average molecular weight is 248 g/mol. The third kappa shape index (κ3) is 2.22. The van der Waals surface area contributed by atoms with Gasteiger partial charge in [-0.3, -0.25) is 9.97 Å². The van der Waals surface area contributed by atoms with Crippen LogP contribution in [0.2, 0.25) is 0 Å². The number of pyridine rings is 2. The highest BCUT2D eigenvalue weighted by atomic mass is 14.7. The van der Waals surface area contributed by atoms with E-state index in [-0.39, 0.29) is 0 Å². The summed E-state index contributed by atoms with van der Waals surface area (Å²) in [5.74, 6) is 0. The molecule has 3 rings (SSSR count). The summed E-state index contributed by atoms with van der Waals surface area (Å²) in [6.45, 7) is 4.19. The molecule has 0 aliphatic heterocycles. The van der Waals surface area contributed by atoms with Crippen LogP contribution in [-0.4, -0.2) is 9.97 Å². The lowest BCUT2D eigenvalue weighted by Gasteiger charge is -2.08. The van der Waals surface area contributed by atoms with Crippen molar-refractivity contribution in [3.8, 4) is 11.1 Å². The fourth-order valence-corrected chi connectivity index (χ4v) is 2.41. The molecule has 2 heteroatoms. The smallest absolute Gasteiger partial charge is 0.0379 e. The van der Waals surface area contributed by atoms with Gasteiger partial charge in [-0.05, 0) is 48.1 Å². The molecule has 2 aromatic heterocycles. The van der Waals surface area contributed by atoms with Gasteiger partial charge in [-0.15, -0.1) is 0 Å². The number of hydrogen-bond acceptors (Lipinski definition) is 2. The van der Waals surface area contributed by atoms with Crippen LogP contribution < -0.4 is 0 Å². The molecule has 0 saturated heterocycles. The normalized spacial score (nSPS) is 10.8. The molecule has 19 heavy (non-hydrogen) atoms. The maximum absolute atomic E-state index is 4.37. The number of aromatic nitrogens is 2. The maximum atomic E-state index is 4.37. The Morgan fingerprint density at radius 2 is 1.89 bits per heavy atom. The van der Waals surface area contributed by atoms with Crippen molar-refractivity contribution in [3.05, 3.63) is 60.2 Å². The van der Waals surface area contributed by atoms with Crippen LogP contribution in [0.15, 0.2) is 48.9 Å². The highest BCUT2D eigenvalue weighted by Gasteiger charge is 2.05. The van der Waals surface area contributed by atoms with E-state index in [0.29, 0.717) is 0 Å². The van der Waals surface area contributed by atoms with Crippen LogP contribution in [0.25, 0.3) is 21.9 Å². The summed E-state index contributed by atoms with van der Waals surface area (Å²) in [5, 5.41) is 2.41. The minimum atomic E-state index is 1.02. The van der Waals surface area contributed by atoms with Crippen molar-refractivity contribution in [3.63, 3.8) is 0 Å². The van der Waals surface area contributed by atoms with Gasteiger partial charge < -0.3 is 0 Å². The number of fused-ring (bicyclic) bond motifs is 1. The van der Waals surface area contributed by atoms with E-state index in [0.717, 1.165) is 12.1 Å². The van der Waals surface area contributed by atoms with Gasteiger partial charge in [-0.1, -0.05) is 19.1 Å². The SMILES string of the molecule is CCc1ccncc1-c1ccc2cc(C)ncc2c1. The summed E-state index contributed by atoms with van der Waals surface area (Å²) in [6, 6.07) is 10.7. The Kier molecular flexibility index (Phi) is 3.00. The monoisotopic (exact) mass is 248 g/mol. The van der Waals surface area contributed by atoms with Gasteiger partial charge in [0.25, 0.3) is 0 Å². The van der Waals surface area contributed by atoms with E-state index < -0.39 is 0 Å².